The molecule has 7 nitrogen and oxygen atoms in total. The average molecular weight is 269 g/mol. The van der Waals surface area contributed by atoms with Crippen LogP contribution in [0, 0.1) is 0 Å². The van der Waals surface area contributed by atoms with Crippen LogP contribution in [0.4, 0.5) is 0 Å². The highest BCUT2D eigenvalue weighted by Crippen LogP contribution is 2.15. The number of hydrogen-bond donors (Lipinski definition) is 3. The van der Waals surface area contributed by atoms with Crippen LogP contribution in [0.2, 0.25) is 5.02 Å². The molecular weight excluding hydrogens is 256 g/mol. The van der Waals surface area contributed by atoms with E-state index in [0.717, 1.165) is 12.8 Å². The maximum atomic E-state index is 12.0. The van der Waals surface area contributed by atoms with E-state index in [-0.39, 0.29) is 11.9 Å². The van der Waals surface area contributed by atoms with Gasteiger partial charge in [-0.2, -0.15) is 5.21 Å². The summed E-state index contributed by atoms with van der Waals surface area (Å²) in [6.45, 7) is 2.02. The number of H-pyrrole nitrogens is 2. The Morgan fingerprint density at radius 3 is 3.00 bits per heavy atom. The molecule has 2 heterocycles. The minimum Gasteiger partial charge on any atom is -0.356 e. The van der Waals surface area contributed by atoms with Crippen LogP contribution in [-0.2, 0) is 0 Å². The van der Waals surface area contributed by atoms with Gasteiger partial charge in [-0.1, -0.05) is 30.2 Å². The van der Waals surface area contributed by atoms with E-state index < -0.39 is 0 Å². The van der Waals surface area contributed by atoms with Crippen LogP contribution in [0.15, 0.2) is 12.3 Å². The first-order valence-corrected chi connectivity index (χ1v) is 5.96. The predicted octanol–water partition coefficient (Wildman–Crippen LogP) is 1.45. The molecule has 0 fully saturated rings. The van der Waals surface area contributed by atoms with E-state index in [1.54, 1.807) is 12.3 Å². The zero-order valence-electron chi connectivity index (χ0n) is 9.77. The fourth-order valence-corrected chi connectivity index (χ4v) is 1.77. The monoisotopic (exact) mass is 268 g/mol. The quantitative estimate of drug-likeness (QED) is 0.764. The van der Waals surface area contributed by atoms with Gasteiger partial charge in [0.15, 0.2) is 5.82 Å². The summed E-state index contributed by atoms with van der Waals surface area (Å²) in [5.41, 5.74) is 0.407. The van der Waals surface area contributed by atoms with Crippen LogP contribution in [0.1, 0.15) is 42.1 Å². The molecule has 96 valence electrons. The van der Waals surface area contributed by atoms with E-state index in [9.17, 15) is 4.79 Å². The number of amides is 1. The van der Waals surface area contributed by atoms with Crippen molar-refractivity contribution >= 4 is 17.5 Å². The molecule has 0 aliphatic rings. The molecule has 0 radical (unpaired) electrons. The van der Waals surface area contributed by atoms with Gasteiger partial charge in [-0.3, -0.25) is 4.79 Å². The fraction of sp³-hybridized carbons (Fsp3) is 0.400. The zero-order chi connectivity index (χ0) is 13.0. The number of aromatic amines is 2. The summed E-state index contributed by atoms with van der Waals surface area (Å²) < 4.78 is 0. The largest absolute Gasteiger partial charge is 0.356 e. The standard InChI is InChI=1S/C10H13ClN6O/c1-2-3-7(9-14-16-17-15-9)13-10(18)8-4-6(11)5-12-8/h4-5,7,12H,2-3H2,1H3,(H,13,18)(H,14,15,16,17)/t7-/m1/s1. The molecule has 8 heteroatoms. The van der Waals surface area contributed by atoms with Gasteiger partial charge in [-0.05, 0) is 12.5 Å². The number of tetrazole rings is 1. The molecule has 2 rings (SSSR count). The molecule has 2 aromatic rings. The summed E-state index contributed by atoms with van der Waals surface area (Å²) in [6, 6.07) is 1.30. The van der Waals surface area contributed by atoms with E-state index in [1.165, 1.54) is 0 Å². The third-order valence-corrected chi connectivity index (χ3v) is 2.67. The minimum absolute atomic E-state index is 0.245. The number of carbonyl (C=O) groups is 1. The molecule has 0 saturated carbocycles. The van der Waals surface area contributed by atoms with Crippen molar-refractivity contribution in [1.82, 2.24) is 30.9 Å². The average Bonchev–Trinajstić information content (AvgIpc) is 2.98. The summed E-state index contributed by atoms with van der Waals surface area (Å²) in [6.07, 6.45) is 3.18. The maximum Gasteiger partial charge on any atom is 0.268 e. The Hall–Kier alpha value is -1.89. The van der Waals surface area contributed by atoms with Gasteiger partial charge in [-0.15, -0.1) is 10.2 Å². The molecule has 0 spiro atoms. The Balaban J connectivity index is 2.07. The van der Waals surface area contributed by atoms with Crippen LogP contribution < -0.4 is 5.32 Å². The van der Waals surface area contributed by atoms with E-state index in [0.29, 0.717) is 16.5 Å². The van der Waals surface area contributed by atoms with Crippen molar-refractivity contribution in [3.8, 4) is 0 Å². The van der Waals surface area contributed by atoms with Gasteiger partial charge >= 0.3 is 0 Å². The number of halogens is 1. The smallest absolute Gasteiger partial charge is 0.268 e. The lowest BCUT2D eigenvalue weighted by Crippen LogP contribution is -2.29. The van der Waals surface area contributed by atoms with Crippen molar-refractivity contribution < 1.29 is 4.79 Å². The second kappa shape index (κ2) is 5.63. The second-order valence-corrected chi connectivity index (χ2v) is 4.25. The van der Waals surface area contributed by atoms with Crippen LogP contribution in [0.25, 0.3) is 0 Å². The number of nitrogens with one attached hydrogen (secondary N) is 3. The molecule has 0 saturated heterocycles. The van der Waals surface area contributed by atoms with Gasteiger partial charge in [0.1, 0.15) is 5.69 Å². The van der Waals surface area contributed by atoms with Crippen molar-refractivity contribution in [3.63, 3.8) is 0 Å². The first-order chi connectivity index (χ1) is 8.70. The molecule has 1 amide bonds. The summed E-state index contributed by atoms with van der Waals surface area (Å²) in [4.78, 5) is 14.7. The predicted molar refractivity (Wildman–Crippen MR) is 65.1 cm³/mol. The summed E-state index contributed by atoms with van der Waals surface area (Å²) >= 11 is 5.75. The Morgan fingerprint density at radius 2 is 2.44 bits per heavy atom. The lowest BCUT2D eigenvalue weighted by molar-refractivity contribution is 0.0928. The van der Waals surface area contributed by atoms with Crippen molar-refractivity contribution in [3.05, 3.63) is 28.8 Å². The molecule has 0 aliphatic heterocycles. The van der Waals surface area contributed by atoms with Gasteiger partial charge in [-0.25, -0.2) is 0 Å². The maximum absolute atomic E-state index is 12.0. The Labute approximate surface area is 108 Å². The first kappa shape index (κ1) is 12.6. The third-order valence-electron chi connectivity index (χ3n) is 2.45. The highest BCUT2D eigenvalue weighted by atomic mass is 35.5. The molecule has 0 unspecified atom stereocenters. The first-order valence-electron chi connectivity index (χ1n) is 5.58. The van der Waals surface area contributed by atoms with Gasteiger partial charge in [0, 0.05) is 6.20 Å². The highest BCUT2D eigenvalue weighted by molar-refractivity contribution is 6.30. The molecule has 1 atom stereocenters. The fourth-order valence-electron chi connectivity index (χ4n) is 1.61. The summed E-state index contributed by atoms with van der Waals surface area (Å²) in [5, 5.41) is 17.0. The Morgan fingerprint density at radius 1 is 1.61 bits per heavy atom. The Bertz CT molecular complexity index is 508. The molecule has 0 aliphatic carbocycles. The summed E-state index contributed by atoms with van der Waals surface area (Å²) in [7, 11) is 0. The van der Waals surface area contributed by atoms with Gasteiger partial charge in [0.05, 0.1) is 11.1 Å². The number of hydrogen-bond acceptors (Lipinski definition) is 4. The number of carbonyl (C=O) groups excluding carboxylic acids is 1. The van der Waals surface area contributed by atoms with Crippen LogP contribution in [-0.4, -0.2) is 31.5 Å². The third kappa shape index (κ3) is 2.86. The molecule has 0 aromatic carbocycles. The normalized spacial score (nSPS) is 12.3. The molecule has 0 bridgehead atoms. The zero-order valence-corrected chi connectivity index (χ0v) is 10.5. The SMILES string of the molecule is CCC[C@@H](NC(=O)c1cc(Cl)c[nH]1)c1nn[nH]n1. The van der Waals surface area contributed by atoms with Crippen molar-refractivity contribution in [2.45, 2.75) is 25.8 Å². The number of rotatable bonds is 5. The molecule has 18 heavy (non-hydrogen) atoms. The molecule has 2 aromatic heterocycles. The summed E-state index contributed by atoms with van der Waals surface area (Å²) in [5.74, 6) is 0.230. The van der Waals surface area contributed by atoms with Gasteiger partial charge in [0.2, 0.25) is 0 Å². The topological polar surface area (TPSA) is 99.4 Å². The number of nitrogens with zero attached hydrogens (tertiary/aromatic N) is 3. The van der Waals surface area contributed by atoms with E-state index in [1.807, 2.05) is 6.92 Å². The van der Waals surface area contributed by atoms with E-state index >= 15 is 0 Å². The van der Waals surface area contributed by atoms with E-state index in [4.69, 9.17) is 11.6 Å². The van der Waals surface area contributed by atoms with Crippen LogP contribution in [0.3, 0.4) is 0 Å². The Kier molecular flexibility index (Phi) is 3.93. The van der Waals surface area contributed by atoms with Crippen molar-refractivity contribution in [2.24, 2.45) is 0 Å². The van der Waals surface area contributed by atoms with Gasteiger partial charge in [0.25, 0.3) is 5.91 Å². The van der Waals surface area contributed by atoms with E-state index in [2.05, 4.69) is 30.9 Å². The lowest BCUT2D eigenvalue weighted by atomic mass is 10.1. The number of aromatic nitrogens is 5. The van der Waals surface area contributed by atoms with Crippen LogP contribution in [0.5, 0.6) is 0 Å². The van der Waals surface area contributed by atoms with Gasteiger partial charge < -0.3 is 10.3 Å². The molecule has 3 N–H and O–H groups in total. The van der Waals surface area contributed by atoms with Crippen molar-refractivity contribution in [2.75, 3.05) is 0 Å². The van der Waals surface area contributed by atoms with Crippen molar-refractivity contribution in [1.29, 1.82) is 0 Å². The minimum atomic E-state index is -0.261. The second-order valence-electron chi connectivity index (χ2n) is 3.82. The lowest BCUT2D eigenvalue weighted by Gasteiger charge is -2.13. The molecular formula is C10H13ClN6O. The highest BCUT2D eigenvalue weighted by Gasteiger charge is 2.19. The van der Waals surface area contributed by atoms with Crippen LogP contribution >= 0.6 is 11.6 Å².